The molecule has 0 saturated heterocycles. The number of ether oxygens (including phenoxy) is 1. The SMILES string of the molecule is Cc1ccc(NC(=O)[C@H](C)OC(=O)CCc2nc(-c3ccccc3)no2)c(C)c1. The van der Waals surface area contributed by atoms with E-state index in [1.165, 1.54) is 6.92 Å². The van der Waals surface area contributed by atoms with Gasteiger partial charge in [0.2, 0.25) is 11.7 Å². The van der Waals surface area contributed by atoms with Crippen LogP contribution < -0.4 is 5.32 Å². The molecule has 1 N–H and O–H groups in total. The maximum Gasteiger partial charge on any atom is 0.307 e. The topological polar surface area (TPSA) is 94.3 Å². The molecule has 2 aromatic carbocycles. The number of esters is 1. The van der Waals surface area contributed by atoms with E-state index in [0.29, 0.717) is 17.4 Å². The number of amides is 1. The second-order valence-corrected chi connectivity index (χ2v) is 6.82. The summed E-state index contributed by atoms with van der Waals surface area (Å²) in [6, 6.07) is 15.1. The van der Waals surface area contributed by atoms with E-state index in [2.05, 4.69) is 15.5 Å². The van der Waals surface area contributed by atoms with Crippen molar-refractivity contribution in [3.63, 3.8) is 0 Å². The summed E-state index contributed by atoms with van der Waals surface area (Å²) >= 11 is 0. The fourth-order valence-electron chi connectivity index (χ4n) is 2.77. The Bertz CT molecular complexity index is 998. The molecule has 0 spiro atoms. The van der Waals surface area contributed by atoms with Gasteiger partial charge in [-0.2, -0.15) is 4.98 Å². The predicted molar refractivity (Wildman–Crippen MR) is 108 cm³/mol. The monoisotopic (exact) mass is 393 g/mol. The smallest absolute Gasteiger partial charge is 0.307 e. The Morgan fingerprint density at radius 3 is 2.62 bits per heavy atom. The Labute approximate surface area is 169 Å². The van der Waals surface area contributed by atoms with E-state index in [9.17, 15) is 9.59 Å². The van der Waals surface area contributed by atoms with Gasteiger partial charge in [0, 0.05) is 17.7 Å². The van der Waals surface area contributed by atoms with Crippen LogP contribution in [-0.4, -0.2) is 28.1 Å². The van der Waals surface area contributed by atoms with Gasteiger partial charge in [0.1, 0.15) is 0 Å². The fraction of sp³-hybridized carbons (Fsp3) is 0.273. The summed E-state index contributed by atoms with van der Waals surface area (Å²) < 4.78 is 10.4. The van der Waals surface area contributed by atoms with Crippen molar-refractivity contribution in [2.24, 2.45) is 0 Å². The second kappa shape index (κ2) is 9.14. The minimum absolute atomic E-state index is 0.0393. The Morgan fingerprint density at radius 2 is 1.90 bits per heavy atom. The van der Waals surface area contributed by atoms with Crippen LogP contribution in [0.4, 0.5) is 5.69 Å². The van der Waals surface area contributed by atoms with Crippen molar-refractivity contribution in [1.82, 2.24) is 10.1 Å². The molecule has 3 aromatic rings. The van der Waals surface area contributed by atoms with Crippen LogP contribution in [0.1, 0.15) is 30.4 Å². The number of nitrogens with zero attached hydrogens (tertiary/aromatic N) is 2. The average Bonchev–Trinajstić information content (AvgIpc) is 3.18. The van der Waals surface area contributed by atoms with Crippen LogP contribution in [0.25, 0.3) is 11.4 Å². The van der Waals surface area contributed by atoms with Gasteiger partial charge in [0.25, 0.3) is 5.91 Å². The summed E-state index contributed by atoms with van der Waals surface area (Å²) in [5.41, 5.74) is 3.59. The van der Waals surface area contributed by atoms with Crippen LogP contribution in [-0.2, 0) is 20.7 Å². The summed E-state index contributed by atoms with van der Waals surface area (Å²) in [4.78, 5) is 28.6. The summed E-state index contributed by atoms with van der Waals surface area (Å²) in [7, 11) is 0. The molecule has 1 atom stereocenters. The van der Waals surface area contributed by atoms with E-state index >= 15 is 0 Å². The molecule has 29 heavy (non-hydrogen) atoms. The molecule has 1 heterocycles. The standard InChI is InChI=1S/C22H23N3O4/c1-14-9-10-18(15(2)13-14)23-22(27)16(3)28-20(26)12-11-19-24-21(25-29-19)17-7-5-4-6-8-17/h4-10,13,16H,11-12H2,1-3H3,(H,23,27)/t16-/m0/s1. The first kappa shape index (κ1) is 20.3. The van der Waals surface area contributed by atoms with E-state index < -0.39 is 12.1 Å². The summed E-state index contributed by atoms with van der Waals surface area (Å²) in [5, 5.41) is 6.69. The Hall–Kier alpha value is -3.48. The Kier molecular flexibility index (Phi) is 6.39. The van der Waals surface area contributed by atoms with Crippen LogP contribution in [0.15, 0.2) is 53.1 Å². The highest BCUT2D eigenvalue weighted by molar-refractivity contribution is 5.95. The van der Waals surface area contributed by atoms with E-state index in [-0.39, 0.29) is 18.7 Å². The molecule has 0 unspecified atom stereocenters. The first-order chi connectivity index (χ1) is 13.9. The maximum atomic E-state index is 12.3. The van der Waals surface area contributed by atoms with E-state index in [1.807, 2.05) is 62.4 Å². The molecular weight excluding hydrogens is 370 g/mol. The van der Waals surface area contributed by atoms with Gasteiger partial charge in [0.05, 0.1) is 6.42 Å². The number of anilines is 1. The van der Waals surface area contributed by atoms with Gasteiger partial charge in [-0.05, 0) is 32.4 Å². The fourth-order valence-corrected chi connectivity index (χ4v) is 2.77. The van der Waals surface area contributed by atoms with Crippen molar-refractivity contribution in [3.05, 3.63) is 65.5 Å². The molecule has 0 aliphatic heterocycles. The van der Waals surface area contributed by atoms with E-state index in [0.717, 1.165) is 16.7 Å². The average molecular weight is 393 g/mol. The highest BCUT2D eigenvalue weighted by Gasteiger charge is 2.19. The molecule has 1 aromatic heterocycles. The summed E-state index contributed by atoms with van der Waals surface area (Å²) in [6.45, 7) is 5.43. The molecule has 0 bridgehead atoms. The molecule has 3 rings (SSSR count). The highest BCUT2D eigenvalue weighted by atomic mass is 16.5. The molecule has 0 aliphatic rings. The number of aromatic nitrogens is 2. The van der Waals surface area contributed by atoms with Gasteiger partial charge >= 0.3 is 5.97 Å². The number of hydrogen-bond donors (Lipinski definition) is 1. The highest BCUT2D eigenvalue weighted by Crippen LogP contribution is 2.17. The molecule has 7 nitrogen and oxygen atoms in total. The van der Waals surface area contributed by atoms with Crippen LogP contribution in [0.2, 0.25) is 0 Å². The van der Waals surface area contributed by atoms with Crippen molar-refractivity contribution >= 4 is 17.6 Å². The number of carbonyl (C=O) groups is 2. The van der Waals surface area contributed by atoms with Crippen molar-refractivity contribution in [1.29, 1.82) is 0 Å². The third-order valence-electron chi connectivity index (χ3n) is 4.36. The van der Waals surface area contributed by atoms with Crippen molar-refractivity contribution in [2.75, 3.05) is 5.32 Å². The lowest BCUT2D eigenvalue weighted by Crippen LogP contribution is -2.30. The zero-order chi connectivity index (χ0) is 20.8. The predicted octanol–water partition coefficient (Wildman–Crippen LogP) is 3.86. The molecule has 150 valence electrons. The number of carbonyl (C=O) groups excluding carboxylic acids is 2. The van der Waals surface area contributed by atoms with Gasteiger partial charge in [0.15, 0.2) is 6.10 Å². The van der Waals surface area contributed by atoms with Crippen LogP contribution in [0.5, 0.6) is 0 Å². The van der Waals surface area contributed by atoms with Gasteiger partial charge in [-0.1, -0.05) is 53.2 Å². The van der Waals surface area contributed by atoms with Crippen molar-refractivity contribution in [3.8, 4) is 11.4 Å². The Morgan fingerprint density at radius 1 is 1.14 bits per heavy atom. The van der Waals surface area contributed by atoms with Crippen LogP contribution in [0.3, 0.4) is 0 Å². The molecule has 0 saturated carbocycles. The minimum atomic E-state index is -0.911. The van der Waals surface area contributed by atoms with Crippen molar-refractivity contribution in [2.45, 2.75) is 39.7 Å². The normalized spacial score (nSPS) is 11.7. The largest absolute Gasteiger partial charge is 0.453 e. The summed E-state index contributed by atoms with van der Waals surface area (Å²) in [5.74, 6) is -0.0782. The van der Waals surface area contributed by atoms with Gasteiger partial charge < -0.3 is 14.6 Å². The first-order valence-electron chi connectivity index (χ1n) is 9.38. The van der Waals surface area contributed by atoms with E-state index in [4.69, 9.17) is 9.26 Å². The van der Waals surface area contributed by atoms with E-state index in [1.54, 1.807) is 0 Å². The summed E-state index contributed by atoms with van der Waals surface area (Å²) in [6.07, 6.45) is -0.632. The van der Waals surface area contributed by atoms with Crippen molar-refractivity contribution < 1.29 is 18.8 Å². The zero-order valence-electron chi connectivity index (χ0n) is 16.6. The zero-order valence-corrected chi connectivity index (χ0v) is 16.6. The van der Waals surface area contributed by atoms with Gasteiger partial charge in [-0.15, -0.1) is 0 Å². The third-order valence-corrected chi connectivity index (χ3v) is 4.36. The lowest BCUT2D eigenvalue weighted by molar-refractivity contribution is -0.153. The van der Waals surface area contributed by atoms with Gasteiger partial charge in [-0.3, -0.25) is 9.59 Å². The second-order valence-electron chi connectivity index (χ2n) is 6.82. The lowest BCUT2D eigenvalue weighted by Gasteiger charge is -2.14. The molecule has 0 fully saturated rings. The molecule has 1 amide bonds. The lowest BCUT2D eigenvalue weighted by atomic mass is 10.1. The molecule has 0 aliphatic carbocycles. The maximum absolute atomic E-state index is 12.3. The Balaban J connectivity index is 1.49. The third kappa shape index (κ3) is 5.51. The number of nitrogens with one attached hydrogen (secondary N) is 1. The molecular formula is C22H23N3O4. The van der Waals surface area contributed by atoms with Gasteiger partial charge in [-0.25, -0.2) is 0 Å². The van der Waals surface area contributed by atoms with Crippen LogP contribution >= 0.6 is 0 Å². The molecule has 0 radical (unpaired) electrons. The number of hydrogen-bond acceptors (Lipinski definition) is 6. The van der Waals surface area contributed by atoms with Crippen LogP contribution in [0, 0.1) is 13.8 Å². The first-order valence-corrected chi connectivity index (χ1v) is 9.38. The minimum Gasteiger partial charge on any atom is -0.453 e. The number of benzene rings is 2. The number of rotatable bonds is 7. The molecule has 7 heteroatoms. The quantitative estimate of drug-likeness (QED) is 0.613. The number of aryl methyl sites for hydroxylation is 3.